The third kappa shape index (κ3) is 8.59. The summed E-state index contributed by atoms with van der Waals surface area (Å²) < 4.78 is 5.88. The van der Waals surface area contributed by atoms with Crippen molar-refractivity contribution in [3.63, 3.8) is 0 Å². The minimum atomic E-state index is -0.346. The van der Waals surface area contributed by atoms with Gasteiger partial charge in [-0.2, -0.15) is 0 Å². The fourth-order valence-electron chi connectivity index (χ4n) is 5.61. The number of benzene rings is 2. The molecule has 0 saturated heterocycles. The summed E-state index contributed by atoms with van der Waals surface area (Å²) in [6.07, 6.45) is 20.0. The van der Waals surface area contributed by atoms with E-state index >= 15 is 0 Å². The molecule has 0 fully saturated rings. The van der Waals surface area contributed by atoms with Gasteiger partial charge in [0.15, 0.2) is 0 Å². The Bertz CT molecular complexity index is 1030. The highest BCUT2D eigenvalue weighted by Crippen LogP contribution is 2.45. The molecule has 0 bridgehead atoms. The minimum Gasteiger partial charge on any atom is -0.425 e. The van der Waals surface area contributed by atoms with Crippen molar-refractivity contribution in [3.8, 4) is 5.75 Å². The molecule has 0 aliphatic carbocycles. The monoisotopic (exact) mass is 502 g/mol. The van der Waals surface area contributed by atoms with Gasteiger partial charge in [-0.1, -0.05) is 121 Å². The third-order valence-electron chi connectivity index (χ3n) is 8.09. The van der Waals surface area contributed by atoms with Gasteiger partial charge in [-0.05, 0) is 67.5 Å². The lowest BCUT2D eigenvalue weighted by Crippen LogP contribution is -2.11. The van der Waals surface area contributed by atoms with Crippen LogP contribution in [0.3, 0.4) is 0 Å². The first kappa shape index (κ1) is 29.2. The molecule has 2 aromatic rings. The lowest BCUT2D eigenvalue weighted by Gasteiger charge is -2.13. The van der Waals surface area contributed by atoms with E-state index in [2.05, 4.69) is 64.6 Å². The van der Waals surface area contributed by atoms with Crippen molar-refractivity contribution in [2.75, 3.05) is 0 Å². The molecule has 2 nitrogen and oxygen atoms in total. The molecule has 37 heavy (non-hydrogen) atoms. The van der Waals surface area contributed by atoms with Crippen LogP contribution in [0.5, 0.6) is 5.75 Å². The van der Waals surface area contributed by atoms with E-state index in [-0.39, 0.29) is 11.9 Å². The van der Waals surface area contributed by atoms with Crippen molar-refractivity contribution in [1.82, 2.24) is 0 Å². The average molecular weight is 503 g/mol. The second-order valence-electron chi connectivity index (χ2n) is 11.4. The molecule has 1 aliphatic heterocycles. The predicted octanol–water partition coefficient (Wildman–Crippen LogP) is 10.5. The van der Waals surface area contributed by atoms with Crippen molar-refractivity contribution in [3.05, 3.63) is 70.3 Å². The topological polar surface area (TPSA) is 26.3 Å². The van der Waals surface area contributed by atoms with Gasteiger partial charge in [0.25, 0.3) is 0 Å². The van der Waals surface area contributed by atoms with E-state index in [4.69, 9.17) is 4.74 Å². The first-order chi connectivity index (χ1) is 17.9. The van der Waals surface area contributed by atoms with E-state index in [1.54, 1.807) is 0 Å². The van der Waals surface area contributed by atoms with Gasteiger partial charge in [0.2, 0.25) is 0 Å². The highest BCUT2D eigenvalue weighted by Gasteiger charge is 2.36. The number of hydrogen-bond donors (Lipinski definition) is 0. The Hall–Kier alpha value is -2.35. The van der Waals surface area contributed by atoms with Crippen LogP contribution >= 0.6 is 0 Å². The molecule has 1 unspecified atom stereocenters. The summed E-state index contributed by atoms with van der Waals surface area (Å²) in [5.41, 5.74) is 7.71. The van der Waals surface area contributed by atoms with Crippen LogP contribution in [-0.4, -0.2) is 5.97 Å². The van der Waals surface area contributed by atoms with Gasteiger partial charge in [-0.15, -0.1) is 0 Å². The fourth-order valence-corrected chi connectivity index (χ4v) is 5.61. The number of carbonyl (C=O) groups excluding carboxylic acids is 1. The molecule has 0 amide bonds. The highest BCUT2D eigenvalue weighted by molar-refractivity contribution is 5.92. The Morgan fingerprint density at radius 2 is 1.32 bits per heavy atom. The zero-order valence-electron chi connectivity index (χ0n) is 24.1. The van der Waals surface area contributed by atoms with Crippen molar-refractivity contribution in [1.29, 1.82) is 0 Å². The van der Waals surface area contributed by atoms with Crippen LogP contribution in [0.4, 0.5) is 0 Å². The standard InChI is InChI=1S/C35H50O2/c1-6-7-8-9-10-11-12-13-14-15-16-17-18-19-20-28(4)31-23-26(2)24-32-33(35(36)37-34(31)32)30-22-21-27(3)29(5)25-30/h21-25,33H,4,6-20H2,1-3,5H3. The summed E-state index contributed by atoms with van der Waals surface area (Å²) in [6.45, 7) is 13.0. The number of carbonyl (C=O) groups is 1. The van der Waals surface area contributed by atoms with E-state index in [0.29, 0.717) is 0 Å². The molecular weight excluding hydrogens is 452 g/mol. The molecule has 1 aliphatic rings. The lowest BCUT2D eigenvalue weighted by atomic mass is 9.87. The molecule has 0 radical (unpaired) electrons. The van der Waals surface area contributed by atoms with Gasteiger partial charge in [0, 0.05) is 11.1 Å². The number of rotatable bonds is 17. The van der Waals surface area contributed by atoms with Gasteiger partial charge in [0.1, 0.15) is 11.7 Å². The molecule has 1 atom stereocenters. The molecule has 2 heteroatoms. The van der Waals surface area contributed by atoms with Gasteiger partial charge >= 0.3 is 5.97 Å². The Kier molecular flexibility index (Phi) is 12.0. The predicted molar refractivity (Wildman–Crippen MR) is 159 cm³/mol. The number of hydrogen-bond acceptors (Lipinski definition) is 2. The maximum atomic E-state index is 13.0. The van der Waals surface area contributed by atoms with Crippen LogP contribution in [-0.2, 0) is 4.79 Å². The second-order valence-corrected chi connectivity index (χ2v) is 11.4. The lowest BCUT2D eigenvalue weighted by molar-refractivity contribution is -0.133. The quantitative estimate of drug-likeness (QED) is 0.122. The summed E-state index contributed by atoms with van der Waals surface area (Å²) in [7, 11) is 0. The van der Waals surface area contributed by atoms with Crippen molar-refractivity contribution >= 4 is 11.5 Å². The molecular formula is C35H50O2. The van der Waals surface area contributed by atoms with Crippen molar-refractivity contribution in [2.24, 2.45) is 0 Å². The van der Waals surface area contributed by atoms with E-state index in [1.807, 2.05) is 0 Å². The van der Waals surface area contributed by atoms with Crippen LogP contribution in [0.1, 0.15) is 143 Å². The van der Waals surface area contributed by atoms with Gasteiger partial charge < -0.3 is 4.74 Å². The smallest absolute Gasteiger partial charge is 0.323 e. The van der Waals surface area contributed by atoms with E-state index in [1.165, 1.54) is 94.6 Å². The van der Waals surface area contributed by atoms with Crippen LogP contribution in [0, 0.1) is 20.8 Å². The fraction of sp³-hybridized carbons (Fsp3) is 0.571. The summed E-state index contributed by atoms with van der Waals surface area (Å²) >= 11 is 0. The van der Waals surface area contributed by atoms with E-state index in [9.17, 15) is 4.79 Å². The molecule has 202 valence electrons. The summed E-state index contributed by atoms with van der Waals surface area (Å²) in [5, 5.41) is 0. The Morgan fingerprint density at radius 3 is 1.89 bits per heavy atom. The number of aryl methyl sites for hydroxylation is 3. The van der Waals surface area contributed by atoms with Gasteiger partial charge in [0.05, 0.1) is 0 Å². The SMILES string of the molecule is C=C(CCCCCCCCCCCCCCCC)c1cc(C)cc2c1OC(=O)C2c1ccc(C)c(C)c1. The molecule has 3 rings (SSSR count). The number of fused-ring (bicyclic) bond motifs is 1. The van der Waals surface area contributed by atoms with Gasteiger partial charge in [-0.25, -0.2) is 0 Å². The first-order valence-electron chi connectivity index (χ1n) is 15.0. The van der Waals surface area contributed by atoms with Crippen LogP contribution in [0.2, 0.25) is 0 Å². The second kappa shape index (κ2) is 15.2. The van der Waals surface area contributed by atoms with Crippen molar-refractivity contribution in [2.45, 2.75) is 130 Å². The summed E-state index contributed by atoms with van der Waals surface area (Å²) in [4.78, 5) is 13.0. The number of esters is 1. The average Bonchev–Trinajstić information content (AvgIpc) is 3.20. The molecule has 2 aromatic carbocycles. The van der Waals surface area contributed by atoms with E-state index in [0.717, 1.165) is 46.4 Å². The molecule has 0 aromatic heterocycles. The number of unbranched alkanes of at least 4 members (excludes halogenated alkanes) is 13. The molecule has 1 heterocycles. The maximum Gasteiger partial charge on any atom is 0.323 e. The van der Waals surface area contributed by atoms with Crippen molar-refractivity contribution < 1.29 is 9.53 Å². The summed E-state index contributed by atoms with van der Waals surface area (Å²) in [6, 6.07) is 10.5. The zero-order valence-corrected chi connectivity index (χ0v) is 24.1. The zero-order chi connectivity index (χ0) is 26.6. The van der Waals surface area contributed by atoms with Crippen LogP contribution in [0.15, 0.2) is 36.9 Å². The molecule has 0 saturated carbocycles. The van der Waals surface area contributed by atoms with E-state index < -0.39 is 0 Å². The Balaban J connectivity index is 1.41. The number of allylic oxidation sites excluding steroid dienone is 1. The highest BCUT2D eigenvalue weighted by atomic mass is 16.5. The Morgan fingerprint density at radius 1 is 0.757 bits per heavy atom. The number of ether oxygens (including phenoxy) is 1. The minimum absolute atomic E-state index is 0.172. The molecule has 0 N–H and O–H groups in total. The maximum absolute atomic E-state index is 13.0. The third-order valence-corrected chi connectivity index (χ3v) is 8.09. The van der Waals surface area contributed by atoms with Crippen LogP contribution < -0.4 is 4.74 Å². The molecule has 0 spiro atoms. The largest absolute Gasteiger partial charge is 0.425 e. The first-order valence-corrected chi connectivity index (χ1v) is 15.0. The van der Waals surface area contributed by atoms with Gasteiger partial charge in [-0.3, -0.25) is 4.79 Å². The summed E-state index contributed by atoms with van der Waals surface area (Å²) in [5.74, 6) is 0.213. The Labute approximate surface area is 226 Å². The normalized spacial score (nSPS) is 14.6. The van der Waals surface area contributed by atoms with Crippen LogP contribution in [0.25, 0.3) is 5.57 Å².